The van der Waals surface area contributed by atoms with E-state index in [0.29, 0.717) is 18.0 Å². The number of carbonyl (C=O) groups is 1. The molecule has 8 nitrogen and oxygen atoms in total. The Balaban J connectivity index is 0.000000555. The number of hydrogen-bond acceptors (Lipinski definition) is 5. The van der Waals surface area contributed by atoms with Crippen LogP contribution in [-0.2, 0) is 21.5 Å². The molecular weight excluding hydrogens is 633 g/mol. The van der Waals surface area contributed by atoms with Crippen molar-refractivity contribution in [3.05, 3.63) is 102 Å². The van der Waals surface area contributed by atoms with Crippen molar-refractivity contribution in [2.45, 2.75) is 68.6 Å². The van der Waals surface area contributed by atoms with Gasteiger partial charge in [-0.2, -0.15) is 21.6 Å². The van der Waals surface area contributed by atoms with Gasteiger partial charge in [-0.05, 0) is 42.4 Å². The molecule has 0 aliphatic carbocycles. The minimum absolute atomic E-state index is 0.269. The van der Waals surface area contributed by atoms with E-state index in [1.54, 1.807) is 7.11 Å². The van der Waals surface area contributed by atoms with E-state index >= 15 is 0 Å². The van der Waals surface area contributed by atoms with E-state index in [4.69, 9.17) is 22.8 Å². The molecule has 3 aliphatic heterocycles. The van der Waals surface area contributed by atoms with Crippen LogP contribution in [0.2, 0.25) is 0 Å². The van der Waals surface area contributed by atoms with Gasteiger partial charge in [-0.1, -0.05) is 78.9 Å². The van der Waals surface area contributed by atoms with Crippen LogP contribution >= 0.6 is 0 Å². The molecule has 3 heterocycles. The number of para-hydroxylation sites is 1. The van der Waals surface area contributed by atoms with Crippen LogP contribution < -0.4 is 10.1 Å². The Morgan fingerprint density at radius 2 is 1.45 bits per heavy atom. The third-order valence-electron chi connectivity index (χ3n) is 9.56. The summed E-state index contributed by atoms with van der Waals surface area (Å²) in [6.07, 6.45) is 5.56. The monoisotopic (exact) mass is 677 g/mol. The Morgan fingerprint density at radius 3 is 1.96 bits per heavy atom. The van der Waals surface area contributed by atoms with Crippen molar-refractivity contribution in [3.63, 3.8) is 0 Å². The highest BCUT2D eigenvalue weighted by Gasteiger charge is 2.56. The number of methoxy groups -OCH3 is 1. The first-order valence-electron chi connectivity index (χ1n) is 15.9. The van der Waals surface area contributed by atoms with Crippen molar-refractivity contribution in [2.24, 2.45) is 5.92 Å². The fourth-order valence-corrected chi connectivity index (χ4v) is 7.43. The molecular formula is C35H44F3N2O6S+. The maximum atomic E-state index is 11.1. The van der Waals surface area contributed by atoms with Crippen molar-refractivity contribution in [1.29, 1.82) is 0 Å². The molecule has 0 saturated carbocycles. The van der Waals surface area contributed by atoms with Crippen LogP contribution in [0.5, 0.6) is 5.75 Å². The van der Waals surface area contributed by atoms with E-state index in [9.17, 15) is 18.0 Å². The molecule has 2 atom stereocenters. The van der Waals surface area contributed by atoms with Gasteiger partial charge >= 0.3 is 21.6 Å². The molecule has 256 valence electrons. The van der Waals surface area contributed by atoms with Gasteiger partial charge in [0.05, 0.1) is 38.7 Å². The summed E-state index contributed by atoms with van der Waals surface area (Å²) in [5.74, 6) is 1.18. The van der Waals surface area contributed by atoms with E-state index in [0.717, 1.165) is 42.6 Å². The van der Waals surface area contributed by atoms with Crippen molar-refractivity contribution >= 4 is 16.1 Å². The fourth-order valence-electron chi connectivity index (χ4n) is 7.43. The van der Waals surface area contributed by atoms with Crippen molar-refractivity contribution < 1.29 is 45.3 Å². The van der Waals surface area contributed by atoms with E-state index in [1.165, 1.54) is 42.6 Å². The predicted octanol–water partition coefficient (Wildman–Crippen LogP) is 6.63. The second kappa shape index (κ2) is 16.1. The Hall–Kier alpha value is -3.45. The maximum Gasteiger partial charge on any atom is 0.522 e. The summed E-state index contributed by atoms with van der Waals surface area (Å²) in [5, 5.41) is 13.2. The second-order valence-electron chi connectivity index (χ2n) is 12.4. The summed E-state index contributed by atoms with van der Waals surface area (Å²) in [4.78, 5) is 11.1. The number of aliphatic carboxylic acids is 1. The summed E-state index contributed by atoms with van der Waals surface area (Å²) >= 11 is 0. The average molecular weight is 678 g/mol. The zero-order valence-electron chi connectivity index (χ0n) is 26.5. The molecule has 3 fully saturated rings. The van der Waals surface area contributed by atoms with Crippen LogP contribution in [0, 0.1) is 5.92 Å². The van der Waals surface area contributed by atoms with Crippen LogP contribution in [0.4, 0.5) is 13.2 Å². The lowest BCUT2D eigenvalue weighted by atomic mass is 9.68. The molecule has 3 aromatic carbocycles. The van der Waals surface area contributed by atoms with Gasteiger partial charge < -0.3 is 19.6 Å². The highest BCUT2D eigenvalue weighted by molar-refractivity contribution is 7.86. The molecule has 0 spiro atoms. The van der Waals surface area contributed by atoms with Crippen molar-refractivity contribution in [3.8, 4) is 5.75 Å². The first-order valence-corrected chi connectivity index (χ1v) is 17.4. The van der Waals surface area contributed by atoms with Gasteiger partial charge in [-0.3, -0.25) is 9.35 Å². The number of quaternary nitrogens is 1. The Kier molecular flexibility index (Phi) is 12.5. The normalized spacial score (nSPS) is 22.4. The summed E-state index contributed by atoms with van der Waals surface area (Å²) in [7, 11) is -4.09. The van der Waals surface area contributed by atoms with E-state index in [2.05, 4.69) is 78.1 Å². The molecule has 3 N–H and O–H groups in total. The zero-order chi connectivity index (χ0) is 34.1. The quantitative estimate of drug-likeness (QED) is 0.0806. The molecule has 0 amide bonds. The SMILES string of the molecule is COc1ccccc1CN[C@H]1C2CC[N+](CCCCCC(=O)O)(CC2)[C@H]1C(c1ccccc1)c1ccccc1.O=S(=O)(O)C(F)(F)F. The van der Waals surface area contributed by atoms with Gasteiger partial charge in [0.1, 0.15) is 11.8 Å². The maximum absolute atomic E-state index is 11.1. The molecule has 2 bridgehead atoms. The standard InChI is InChI=1S/C34H42N2O3.CHF3O3S/c1-39-30-18-11-10-17-29(30)25-35-33-28-20-23-36(24-21-28,22-12-4-9-19-31(37)38)34(33)32(26-13-5-2-6-14-26)27-15-7-3-8-16-27;2-1(3,4)8(5,6)7/h2-3,5-8,10-11,13-18,28,32-35H,4,9,12,19-25H2,1H3;(H,5,6,7)/p+1/t28?,33-,34-,36?;/m0./s1. The van der Waals surface area contributed by atoms with E-state index < -0.39 is 21.6 Å². The minimum atomic E-state index is -5.84. The Morgan fingerprint density at radius 1 is 0.915 bits per heavy atom. The smallest absolute Gasteiger partial charge is 0.496 e. The number of piperidine rings is 3. The number of nitrogens with one attached hydrogen (secondary N) is 1. The van der Waals surface area contributed by atoms with Gasteiger partial charge in [0, 0.05) is 31.4 Å². The number of unbranched alkanes of at least 4 members (excludes halogenated alkanes) is 2. The average Bonchev–Trinajstić information content (AvgIpc) is 3.05. The number of halogens is 3. The zero-order valence-corrected chi connectivity index (χ0v) is 27.3. The van der Waals surface area contributed by atoms with E-state index in [-0.39, 0.29) is 12.3 Å². The van der Waals surface area contributed by atoms with Gasteiger partial charge in [-0.25, -0.2) is 0 Å². The van der Waals surface area contributed by atoms with Gasteiger partial charge in [0.2, 0.25) is 0 Å². The lowest BCUT2D eigenvalue weighted by Gasteiger charge is -2.60. The number of carboxylic acids is 1. The molecule has 47 heavy (non-hydrogen) atoms. The summed E-state index contributed by atoms with van der Waals surface area (Å²) in [6, 6.07) is 31.3. The number of hydrogen-bond donors (Lipinski definition) is 3. The van der Waals surface area contributed by atoms with Crippen LogP contribution in [-0.4, -0.2) is 72.9 Å². The predicted molar refractivity (Wildman–Crippen MR) is 173 cm³/mol. The lowest BCUT2D eigenvalue weighted by Crippen LogP contribution is -2.74. The molecule has 0 radical (unpaired) electrons. The number of rotatable bonds is 13. The molecule has 3 aliphatic rings. The Bertz CT molecular complexity index is 1490. The molecule has 6 rings (SSSR count). The van der Waals surface area contributed by atoms with Crippen molar-refractivity contribution in [2.75, 3.05) is 26.7 Å². The number of benzene rings is 3. The number of ether oxygens (including phenoxy) is 1. The third-order valence-corrected chi connectivity index (χ3v) is 10.1. The van der Waals surface area contributed by atoms with Crippen LogP contribution in [0.3, 0.4) is 0 Å². The van der Waals surface area contributed by atoms with Crippen LogP contribution in [0.1, 0.15) is 61.1 Å². The molecule has 0 aromatic heterocycles. The second-order valence-corrected chi connectivity index (χ2v) is 13.8. The topological polar surface area (TPSA) is 113 Å². The van der Waals surface area contributed by atoms with Gasteiger partial charge in [0.25, 0.3) is 0 Å². The highest BCUT2D eigenvalue weighted by Crippen LogP contribution is 2.47. The Labute approximate surface area is 274 Å². The van der Waals surface area contributed by atoms with E-state index in [1.807, 2.05) is 12.1 Å². The first kappa shape index (κ1) is 36.4. The number of carboxylic acid groups (broad SMARTS) is 1. The molecule has 3 saturated heterocycles. The molecule has 0 unspecified atom stereocenters. The fraction of sp³-hybridized carbons (Fsp3) is 0.457. The first-order chi connectivity index (χ1) is 22.4. The number of nitrogens with zero attached hydrogens (tertiary/aromatic N) is 1. The summed E-state index contributed by atoms with van der Waals surface area (Å²) in [5.41, 5.74) is -1.57. The van der Waals surface area contributed by atoms with Crippen molar-refractivity contribution in [1.82, 2.24) is 5.32 Å². The van der Waals surface area contributed by atoms with Crippen LogP contribution in [0.25, 0.3) is 0 Å². The number of alkyl halides is 3. The highest BCUT2D eigenvalue weighted by atomic mass is 32.2. The number of fused-ring (bicyclic) bond motifs is 3. The van der Waals surface area contributed by atoms with Gasteiger partial charge in [0.15, 0.2) is 0 Å². The minimum Gasteiger partial charge on any atom is -0.496 e. The third kappa shape index (κ3) is 9.34. The van der Waals surface area contributed by atoms with Crippen LogP contribution in [0.15, 0.2) is 84.9 Å². The molecule has 3 aromatic rings. The van der Waals surface area contributed by atoms with Gasteiger partial charge in [-0.15, -0.1) is 0 Å². The largest absolute Gasteiger partial charge is 0.522 e. The lowest BCUT2D eigenvalue weighted by molar-refractivity contribution is -0.968. The summed E-state index contributed by atoms with van der Waals surface area (Å²) in [6.45, 7) is 4.31. The molecule has 12 heteroatoms. The summed E-state index contributed by atoms with van der Waals surface area (Å²) < 4.78 is 64.3.